The highest BCUT2D eigenvalue weighted by Crippen LogP contribution is 2.23. The summed E-state index contributed by atoms with van der Waals surface area (Å²) in [5.74, 6) is 0.338. The number of fused-ring (bicyclic) bond motifs is 1. The van der Waals surface area contributed by atoms with Gasteiger partial charge in [0, 0.05) is 21.9 Å². The second kappa shape index (κ2) is 8.32. The monoisotopic (exact) mass is 401 g/mol. The number of amides is 1. The number of hydrogen-bond acceptors (Lipinski definition) is 4. The van der Waals surface area contributed by atoms with Gasteiger partial charge in [-0.3, -0.25) is 9.59 Å². The maximum absolute atomic E-state index is 12.4. The summed E-state index contributed by atoms with van der Waals surface area (Å²) >= 11 is 1.53. The van der Waals surface area contributed by atoms with E-state index in [2.05, 4.69) is 15.3 Å². The van der Waals surface area contributed by atoms with Gasteiger partial charge in [0.2, 0.25) is 0 Å². The molecule has 1 amide bonds. The van der Waals surface area contributed by atoms with Gasteiger partial charge in [0.1, 0.15) is 5.69 Å². The zero-order chi connectivity index (χ0) is 20.2. The van der Waals surface area contributed by atoms with Crippen LogP contribution in [0.3, 0.4) is 0 Å². The third-order valence-corrected chi connectivity index (χ3v) is 5.57. The molecular formula is C23H19N3O2S. The number of aromatic nitrogens is 2. The number of benzene rings is 3. The number of nitrogens with one attached hydrogen (secondary N) is 2. The number of hydrogen-bond donors (Lipinski definition) is 2. The Morgan fingerprint density at radius 3 is 2.52 bits per heavy atom. The smallest absolute Gasteiger partial charge is 0.271 e. The second-order valence-electron chi connectivity index (χ2n) is 6.61. The number of aryl methyl sites for hydroxylation is 1. The van der Waals surface area contributed by atoms with Gasteiger partial charge >= 0.3 is 0 Å². The van der Waals surface area contributed by atoms with Gasteiger partial charge in [0.25, 0.3) is 11.5 Å². The number of aromatic amines is 1. The van der Waals surface area contributed by atoms with E-state index in [1.54, 1.807) is 0 Å². The Balaban J connectivity index is 1.42. The number of anilines is 1. The minimum atomic E-state index is -0.168. The lowest BCUT2D eigenvalue weighted by Crippen LogP contribution is -2.14. The van der Waals surface area contributed by atoms with Crippen molar-refractivity contribution in [3.8, 4) is 0 Å². The highest BCUT2D eigenvalue weighted by molar-refractivity contribution is 7.98. The van der Waals surface area contributed by atoms with Crippen LogP contribution in [-0.2, 0) is 5.75 Å². The first kappa shape index (κ1) is 19.0. The first-order valence-electron chi connectivity index (χ1n) is 9.18. The molecule has 0 spiro atoms. The zero-order valence-electron chi connectivity index (χ0n) is 15.8. The molecule has 3 aromatic carbocycles. The van der Waals surface area contributed by atoms with Gasteiger partial charge in [-0.05, 0) is 55.0 Å². The molecule has 6 heteroatoms. The summed E-state index contributed by atoms with van der Waals surface area (Å²) in [4.78, 5) is 33.0. The molecule has 0 aliphatic heterocycles. The largest absolute Gasteiger partial charge is 0.322 e. The third-order valence-electron chi connectivity index (χ3n) is 4.55. The lowest BCUT2D eigenvalue weighted by Gasteiger charge is -2.08. The number of para-hydroxylation sites is 2. The van der Waals surface area contributed by atoms with Gasteiger partial charge in [-0.1, -0.05) is 30.3 Å². The Hall–Kier alpha value is -3.38. The van der Waals surface area contributed by atoms with E-state index in [1.165, 1.54) is 11.8 Å². The van der Waals surface area contributed by atoms with Crippen LogP contribution < -0.4 is 10.9 Å². The normalized spacial score (nSPS) is 10.8. The molecule has 0 saturated carbocycles. The lowest BCUT2D eigenvalue weighted by atomic mass is 10.1. The number of H-pyrrole nitrogens is 1. The number of carbonyl (C=O) groups excluding carboxylic acids is 1. The average molecular weight is 401 g/mol. The average Bonchev–Trinajstić information content (AvgIpc) is 2.73. The van der Waals surface area contributed by atoms with Crippen molar-refractivity contribution < 1.29 is 4.79 Å². The van der Waals surface area contributed by atoms with E-state index in [9.17, 15) is 9.59 Å². The maximum Gasteiger partial charge on any atom is 0.271 e. The van der Waals surface area contributed by atoms with Crippen molar-refractivity contribution in [2.75, 3.05) is 5.32 Å². The predicted octanol–water partition coefficient (Wildman–Crippen LogP) is 4.78. The standard InChI is InChI=1S/C23H19N3O2S/c1-15-6-2-3-7-18(15)22(27)24-16-10-12-17(13-11-16)29-14-21-23(28)26-20-9-5-4-8-19(20)25-21/h2-13H,14H2,1H3,(H,24,27)(H,26,28). The molecule has 0 radical (unpaired) electrons. The fourth-order valence-corrected chi connectivity index (χ4v) is 3.81. The zero-order valence-corrected chi connectivity index (χ0v) is 16.6. The van der Waals surface area contributed by atoms with Crippen molar-refractivity contribution in [2.45, 2.75) is 17.6 Å². The molecule has 0 unspecified atom stereocenters. The van der Waals surface area contributed by atoms with E-state index in [4.69, 9.17) is 0 Å². The van der Waals surface area contributed by atoms with Crippen LogP contribution in [0.15, 0.2) is 82.5 Å². The van der Waals surface area contributed by atoms with E-state index in [0.29, 0.717) is 17.0 Å². The molecule has 0 bridgehead atoms. The number of carbonyl (C=O) groups is 1. The molecule has 2 N–H and O–H groups in total. The van der Waals surface area contributed by atoms with Gasteiger partial charge in [-0.15, -0.1) is 11.8 Å². The van der Waals surface area contributed by atoms with Crippen LogP contribution in [0.2, 0.25) is 0 Å². The Bertz CT molecular complexity index is 1230. The van der Waals surface area contributed by atoms with E-state index < -0.39 is 0 Å². The maximum atomic E-state index is 12.4. The molecule has 5 nitrogen and oxygen atoms in total. The van der Waals surface area contributed by atoms with Crippen molar-refractivity contribution in [1.82, 2.24) is 9.97 Å². The number of thioether (sulfide) groups is 1. The van der Waals surface area contributed by atoms with Gasteiger partial charge in [-0.25, -0.2) is 4.98 Å². The Kier molecular flexibility index (Phi) is 5.44. The molecule has 0 aliphatic rings. The molecule has 4 rings (SSSR count). The van der Waals surface area contributed by atoms with E-state index in [0.717, 1.165) is 27.2 Å². The molecule has 0 atom stereocenters. The summed E-state index contributed by atoms with van der Waals surface area (Å²) in [6, 6.07) is 22.5. The molecular weight excluding hydrogens is 382 g/mol. The molecule has 0 fully saturated rings. The van der Waals surface area contributed by atoms with E-state index in [-0.39, 0.29) is 11.5 Å². The Morgan fingerprint density at radius 1 is 1.00 bits per heavy atom. The molecule has 29 heavy (non-hydrogen) atoms. The van der Waals surface area contributed by atoms with Crippen molar-refractivity contribution in [3.05, 3.63) is 100.0 Å². The summed E-state index contributed by atoms with van der Waals surface area (Å²) in [6.07, 6.45) is 0. The van der Waals surface area contributed by atoms with Crippen LogP contribution in [0.4, 0.5) is 5.69 Å². The highest BCUT2D eigenvalue weighted by Gasteiger charge is 2.09. The summed E-state index contributed by atoms with van der Waals surface area (Å²) in [5.41, 5.74) is 4.16. The van der Waals surface area contributed by atoms with Crippen LogP contribution >= 0.6 is 11.8 Å². The molecule has 144 valence electrons. The fourth-order valence-electron chi connectivity index (χ4n) is 2.98. The van der Waals surface area contributed by atoms with Crippen LogP contribution in [0.5, 0.6) is 0 Å². The van der Waals surface area contributed by atoms with Crippen molar-refractivity contribution in [2.24, 2.45) is 0 Å². The topological polar surface area (TPSA) is 74.8 Å². The molecule has 1 aromatic heterocycles. The molecule has 0 saturated heterocycles. The third kappa shape index (κ3) is 4.38. The first-order chi connectivity index (χ1) is 14.1. The Labute approximate surface area is 172 Å². The fraction of sp³-hybridized carbons (Fsp3) is 0.0870. The van der Waals surface area contributed by atoms with Crippen molar-refractivity contribution in [1.29, 1.82) is 0 Å². The molecule has 4 aromatic rings. The van der Waals surface area contributed by atoms with E-state index >= 15 is 0 Å². The lowest BCUT2D eigenvalue weighted by molar-refractivity contribution is 0.102. The summed E-state index contributed by atoms with van der Waals surface area (Å²) in [7, 11) is 0. The quantitative estimate of drug-likeness (QED) is 0.472. The van der Waals surface area contributed by atoms with Crippen LogP contribution in [0.1, 0.15) is 21.6 Å². The van der Waals surface area contributed by atoms with Crippen molar-refractivity contribution >= 4 is 34.4 Å². The van der Waals surface area contributed by atoms with E-state index in [1.807, 2.05) is 79.7 Å². The number of nitrogens with zero attached hydrogens (tertiary/aromatic N) is 1. The SMILES string of the molecule is Cc1ccccc1C(=O)Nc1ccc(SCc2nc3ccccc3[nH]c2=O)cc1. The van der Waals surface area contributed by atoms with Gasteiger partial charge < -0.3 is 10.3 Å². The minimum Gasteiger partial charge on any atom is -0.322 e. The summed E-state index contributed by atoms with van der Waals surface area (Å²) < 4.78 is 0. The second-order valence-corrected chi connectivity index (χ2v) is 7.66. The Morgan fingerprint density at radius 2 is 1.72 bits per heavy atom. The van der Waals surface area contributed by atoms with Gasteiger partial charge in [-0.2, -0.15) is 0 Å². The van der Waals surface area contributed by atoms with Gasteiger partial charge in [0.15, 0.2) is 0 Å². The van der Waals surface area contributed by atoms with Crippen LogP contribution in [0.25, 0.3) is 11.0 Å². The summed E-state index contributed by atoms with van der Waals surface area (Å²) in [6.45, 7) is 1.91. The van der Waals surface area contributed by atoms with Gasteiger partial charge in [0.05, 0.1) is 11.0 Å². The number of rotatable bonds is 5. The predicted molar refractivity (Wildman–Crippen MR) is 117 cm³/mol. The minimum absolute atomic E-state index is 0.129. The molecule has 0 aliphatic carbocycles. The molecule has 1 heterocycles. The van der Waals surface area contributed by atoms with Crippen LogP contribution in [-0.4, -0.2) is 15.9 Å². The summed E-state index contributed by atoms with van der Waals surface area (Å²) in [5, 5.41) is 2.91. The first-order valence-corrected chi connectivity index (χ1v) is 10.2. The van der Waals surface area contributed by atoms with Crippen LogP contribution in [0, 0.1) is 6.92 Å². The highest BCUT2D eigenvalue weighted by atomic mass is 32.2. The van der Waals surface area contributed by atoms with Crippen molar-refractivity contribution in [3.63, 3.8) is 0 Å².